The van der Waals surface area contributed by atoms with Crippen LogP contribution in [0.15, 0.2) is 66.7 Å². The van der Waals surface area contributed by atoms with E-state index in [0.29, 0.717) is 48.7 Å². The van der Waals surface area contributed by atoms with E-state index < -0.39 is 0 Å². The topological polar surface area (TPSA) is 77.1 Å². The number of nitrogens with one attached hydrogen (secondary N) is 1. The molecule has 4 rings (SSSR count). The molecule has 1 aliphatic heterocycles. The van der Waals surface area contributed by atoms with Crippen LogP contribution in [0.25, 0.3) is 0 Å². The third-order valence-corrected chi connectivity index (χ3v) is 6.51. The molecule has 0 aliphatic carbocycles. The van der Waals surface area contributed by atoms with Crippen LogP contribution in [0, 0.1) is 0 Å². The quantitative estimate of drug-likeness (QED) is 0.452. The molecule has 0 fully saturated rings. The zero-order valence-corrected chi connectivity index (χ0v) is 21.0. The van der Waals surface area contributed by atoms with Crippen molar-refractivity contribution >= 4 is 11.8 Å². The van der Waals surface area contributed by atoms with Gasteiger partial charge in [0, 0.05) is 25.1 Å². The van der Waals surface area contributed by atoms with Crippen LogP contribution in [0.2, 0.25) is 0 Å². The number of fused-ring (bicyclic) bond motifs is 1. The lowest BCUT2D eigenvalue weighted by molar-refractivity contribution is -0.133. The van der Waals surface area contributed by atoms with E-state index in [1.54, 1.807) is 45.6 Å². The summed E-state index contributed by atoms with van der Waals surface area (Å²) >= 11 is 0. The number of carbonyl (C=O) groups is 2. The van der Waals surface area contributed by atoms with Crippen LogP contribution < -0.4 is 19.5 Å². The summed E-state index contributed by atoms with van der Waals surface area (Å²) in [6.07, 6.45) is 1.63. The van der Waals surface area contributed by atoms with Gasteiger partial charge in [0.05, 0.1) is 27.4 Å². The highest BCUT2D eigenvalue weighted by molar-refractivity contribution is 5.94. The standard InChI is InChI=1S/C29H32N2O5/c1-34-23-13-11-21(12-14-23)29(33)30-16-7-10-27(32)31-17-15-22-18-25(35-2)26(36-3)19-24(22)28(31)20-8-5-4-6-9-20/h4-6,8-9,11-14,18-19,28H,7,10,15-17H2,1-3H3,(H,30,33). The number of ether oxygens (including phenoxy) is 3. The first-order valence-electron chi connectivity index (χ1n) is 12.1. The normalized spacial score (nSPS) is 14.5. The summed E-state index contributed by atoms with van der Waals surface area (Å²) in [5, 5.41) is 2.90. The summed E-state index contributed by atoms with van der Waals surface area (Å²) in [6, 6.07) is 20.8. The van der Waals surface area contributed by atoms with Crippen molar-refractivity contribution in [3.63, 3.8) is 0 Å². The molecule has 188 valence electrons. The number of methoxy groups -OCH3 is 3. The molecule has 1 aliphatic rings. The van der Waals surface area contributed by atoms with E-state index in [1.165, 1.54) is 0 Å². The van der Waals surface area contributed by atoms with E-state index in [1.807, 2.05) is 47.4 Å². The molecule has 0 saturated heterocycles. The highest BCUT2D eigenvalue weighted by Crippen LogP contribution is 2.41. The number of nitrogens with zero attached hydrogens (tertiary/aromatic N) is 1. The lowest BCUT2D eigenvalue weighted by atomic mass is 9.87. The molecule has 1 atom stereocenters. The summed E-state index contributed by atoms with van der Waals surface area (Å²) < 4.78 is 16.2. The average Bonchev–Trinajstić information content (AvgIpc) is 2.94. The Hall–Kier alpha value is -4.00. The zero-order valence-electron chi connectivity index (χ0n) is 21.0. The summed E-state index contributed by atoms with van der Waals surface area (Å²) in [6.45, 7) is 1.03. The van der Waals surface area contributed by atoms with Crippen molar-refractivity contribution in [2.75, 3.05) is 34.4 Å². The van der Waals surface area contributed by atoms with Crippen molar-refractivity contribution in [1.82, 2.24) is 10.2 Å². The molecule has 7 heteroatoms. The van der Waals surface area contributed by atoms with E-state index >= 15 is 0 Å². The van der Waals surface area contributed by atoms with Crippen molar-refractivity contribution in [3.05, 3.63) is 89.0 Å². The van der Waals surface area contributed by atoms with Gasteiger partial charge in [-0.05, 0) is 65.9 Å². The van der Waals surface area contributed by atoms with E-state index in [9.17, 15) is 9.59 Å². The van der Waals surface area contributed by atoms with E-state index in [-0.39, 0.29) is 17.9 Å². The van der Waals surface area contributed by atoms with Crippen LogP contribution in [0.5, 0.6) is 17.2 Å². The zero-order chi connectivity index (χ0) is 25.5. The molecule has 1 heterocycles. The Bertz CT molecular complexity index is 1190. The molecule has 3 aromatic carbocycles. The molecule has 0 radical (unpaired) electrons. The van der Waals surface area contributed by atoms with Gasteiger partial charge in [-0.15, -0.1) is 0 Å². The van der Waals surface area contributed by atoms with Crippen molar-refractivity contribution < 1.29 is 23.8 Å². The van der Waals surface area contributed by atoms with Gasteiger partial charge in [-0.3, -0.25) is 9.59 Å². The Morgan fingerprint density at radius 2 is 1.61 bits per heavy atom. The fraction of sp³-hybridized carbons (Fsp3) is 0.310. The molecule has 0 aromatic heterocycles. The van der Waals surface area contributed by atoms with Gasteiger partial charge in [-0.2, -0.15) is 0 Å². The maximum atomic E-state index is 13.4. The van der Waals surface area contributed by atoms with Crippen LogP contribution in [0.1, 0.15) is 45.9 Å². The van der Waals surface area contributed by atoms with Crippen LogP contribution >= 0.6 is 0 Å². The van der Waals surface area contributed by atoms with Crippen molar-refractivity contribution in [3.8, 4) is 17.2 Å². The number of amides is 2. The Labute approximate surface area is 212 Å². The van der Waals surface area contributed by atoms with Crippen molar-refractivity contribution in [1.29, 1.82) is 0 Å². The second-order valence-electron chi connectivity index (χ2n) is 8.64. The second-order valence-corrected chi connectivity index (χ2v) is 8.64. The molecular weight excluding hydrogens is 456 g/mol. The lowest BCUT2D eigenvalue weighted by Crippen LogP contribution is -2.41. The monoisotopic (exact) mass is 488 g/mol. The Morgan fingerprint density at radius 1 is 0.917 bits per heavy atom. The Balaban J connectivity index is 1.45. The molecule has 0 saturated carbocycles. The molecule has 7 nitrogen and oxygen atoms in total. The van der Waals surface area contributed by atoms with Gasteiger partial charge in [0.1, 0.15) is 5.75 Å². The minimum atomic E-state index is -0.212. The molecule has 0 bridgehead atoms. The molecule has 36 heavy (non-hydrogen) atoms. The first kappa shape index (κ1) is 25.1. The summed E-state index contributed by atoms with van der Waals surface area (Å²) in [5.74, 6) is 1.93. The van der Waals surface area contributed by atoms with Gasteiger partial charge in [-0.1, -0.05) is 30.3 Å². The molecule has 0 spiro atoms. The van der Waals surface area contributed by atoms with E-state index in [2.05, 4.69) is 5.32 Å². The van der Waals surface area contributed by atoms with Gasteiger partial charge in [0.25, 0.3) is 5.91 Å². The first-order chi connectivity index (χ1) is 17.5. The van der Waals surface area contributed by atoms with Crippen molar-refractivity contribution in [2.24, 2.45) is 0 Å². The van der Waals surface area contributed by atoms with Crippen molar-refractivity contribution in [2.45, 2.75) is 25.3 Å². The fourth-order valence-corrected chi connectivity index (χ4v) is 4.64. The Kier molecular flexibility index (Phi) is 8.10. The first-order valence-corrected chi connectivity index (χ1v) is 12.1. The Morgan fingerprint density at radius 3 is 2.28 bits per heavy atom. The number of carbonyl (C=O) groups excluding carboxylic acids is 2. The average molecular weight is 489 g/mol. The van der Waals surface area contributed by atoms with Crippen LogP contribution in [-0.2, 0) is 11.2 Å². The lowest BCUT2D eigenvalue weighted by Gasteiger charge is -2.38. The number of benzene rings is 3. The summed E-state index contributed by atoms with van der Waals surface area (Å²) in [4.78, 5) is 27.7. The van der Waals surface area contributed by atoms with Gasteiger partial charge in [0.2, 0.25) is 5.91 Å². The molecule has 1 N–H and O–H groups in total. The second kappa shape index (κ2) is 11.6. The predicted molar refractivity (Wildman–Crippen MR) is 138 cm³/mol. The minimum absolute atomic E-state index is 0.0583. The van der Waals surface area contributed by atoms with Crippen LogP contribution in [-0.4, -0.2) is 51.1 Å². The minimum Gasteiger partial charge on any atom is -0.497 e. The highest BCUT2D eigenvalue weighted by atomic mass is 16.5. The van der Waals surface area contributed by atoms with Gasteiger partial charge >= 0.3 is 0 Å². The maximum Gasteiger partial charge on any atom is 0.251 e. The largest absolute Gasteiger partial charge is 0.497 e. The SMILES string of the molecule is COc1ccc(C(=O)NCCCC(=O)N2CCc3cc(OC)c(OC)cc3C2c2ccccc2)cc1. The maximum absolute atomic E-state index is 13.4. The third kappa shape index (κ3) is 5.46. The van der Waals surface area contributed by atoms with Crippen LogP contribution in [0.3, 0.4) is 0 Å². The fourth-order valence-electron chi connectivity index (χ4n) is 4.64. The molecular formula is C29H32N2O5. The predicted octanol–water partition coefficient (Wildman–Crippen LogP) is 4.40. The van der Waals surface area contributed by atoms with Gasteiger partial charge < -0.3 is 24.4 Å². The molecule has 2 amide bonds. The highest BCUT2D eigenvalue weighted by Gasteiger charge is 2.33. The number of hydrogen-bond acceptors (Lipinski definition) is 5. The van der Waals surface area contributed by atoms with E-state index in [0.717, 1.165) is 23.1 Å². The molecule has 3 aromatic rings. The number of rotatable bonds is 9. The van der Waals surface area contributed by atoms with E-state index in [4.69, 9.17) is 14.2 Å². The smallest absolute Gasteiger partial charge is 0.251 e. The number of hydrogen-bond donors (Lipinski definition) is 1. The molecule has 1 unspecified atom stereocenters. The van der Waals surface area contributed by atoms with Crippen LogP contribution in [0.4, 0.5) is 0 Å². The van der Waals surface area contributed by atoms with Gasteiger partial charge in [-0.25, -0.2) is 0 Å². The summed E-state index contributed by atoms with van der Waals surface area (Å²) in [7, 11) is 4.83. The van der Waals surface area contributed by atoms with Gasteiger partial charge in [0.15, 0.2) is 11.5 Å². The third-order valence-electron chi connectivity index (χ3n) is 6.51. The summed E-state index contributed by atoms with van der Waals surface area (Å²) in [5.41, 5.74) is 3.80.